The van der Waals surface area contributed by atoms with Crippen molar-refractivity contribution in [2.75, 3.05) is 26.4 Å². The largest absolute Gasteiger partial charge is 0.444 e. The van der Waals surface area contributed by atoms with Crippen molar-refractivity contribution in [3.05, 3.63) is 0 Å². The molecule has 0 aromatic heterocycles. The molecular weight excluding hydrogens is 316 g/mol. The maximum Gasteiger partial charge on any atom is 0.407 e. The van der Waals surface area contributed by atoms with Gasteiger partial charge in [0.1, 0.15) is 6.61 Å². The van der Waals surface area contributed by atoms with Gasteiger partial charge >= 0.3 is 6.09 Å². The first kappa shape index (κ1) is 23.1. The number of carbonyl (C=O) groups excluding carboxylic acids is 1. The second-order valence-corrected chi connectivity index (χ2v) is 7.40. The van der Waals surface area contributed by atoms with Crippen molar-refractivity contribution in [1.29, 1.82) is 0 Å². The summed E-state index contributed by atoms with van der Waals surface area (Å²) in [5.74, 6) is 0. The molecule has 5 N–H and O–H groups in total. The Labute approximate surface area is 144 Å². The van der Waals surface area contributed by atoms with Gasteiger partial charge in [0.25, 0.3) is 0 Å². The topological polar surface area (TPSA) is 123 Å². The lowest BCUT2D eigenvalue weighted by Gasteiger charge is -2.32. The zero-order chi connectivity index (χ0) is 18.8. The third-order valence-electron chi connectivity index (χ3n) is 2.74. The maximum atomic E-state index is 11.6. The van der Waals surface area contributed by atoms with E-state index in [1.54, 1.807) is 0 Å². The first-order chi connectivity index (χ1) is 11.0. The van der Waals surface area contributed by atoms with Crippen LogP contribution in [0.3, 0.4) is 0 Å². The number of aliphatic hydroxyl groups excluding tert-OH is 2. The van der Waals surface area contributed by atoms with Crippen LogP contribution in [0.1, 0.15) is 47.5 Å². The third-order valence-corrected chi connectivity index (χ3v) is 2.74. The van der Waals surface area contributed by atoms with E-state index < -0.39 is 29.6 Å². The molecule has 2 atom stereocenters. The highest BCUT2D eigenvalue weighted by Crippen LogP contribution is 2.17. The molecule has 24 heavy (non-hydrogen) atoms. The van der Waals surface area contributed by atoms with Gasteiger partial charge in [-0.2, -0.15) is 0 Å². The molecule has 0 aliphatic rings. The van der Waals surface area contributed by atoms with Gasteiger partial charge in [-0.05, 0) is 47.5 Å². The van der Waals surface area contributed by atoms with Crippen LogP contribution in [0.15, 0.2) is 0 Å². The van der Waals surface area contributed by atoms with E-state index in [1.165, 1.54) is 0 Å². The van der Waals surface area contributed by atoms with Gasteiger partial charge < -0.3 is 35.5 Å². The van der Waals surface area contributed by atoms with Crippen LogP contribution in [0.5, 0.6) is 0 Å². The van der Waals surface area contributed by atoms with Gasteiger partial charge in [0.15, 0.2) is 6.29 Å². The summed E-state index contributed by atoms with van der Waals surface area (Å²) in [6.07, 6.45) is -1.09. The number of nitrogens with one attached hydrogen (secondary N) is 1. The minimum atomic E-state index is -0.826. The number of ether oxygens (including phenoxy) is 3. The smallest absolute Gasteiger partial charge is 0.407 e. The fourth-order valence-electron chi connectivity index (χ4n) is 1.92. The third kappa shape index (κ3) is 13.5. The van der Waals surface area contributed by atoms with Crippen LogP contribution in [-0.4, -0.2) is 66.2 Å². The van der Waals surface area contributed by atoms with Crippen molar-refractivity contribution in [3.63, 3.8) is 0 Å². The van der Waals surface area contributed by atoms with E-state index >= 15 is 0 Å². The number of rotatable bonds is 11. The molecule has 0 fully saturated rings. The van der Waals surface area contributed by atoms with Crippen LogP contribution >= 0.6 is 0 Å². The van der Waals surface area contributed by atoms with Crippen LogP contribution in [0.25, 0.3) is 0 Å². The lowest BCUT2D eigenvalue weighted by Crippen LogP contribution is -2.43. The Morgan fingerprint density at radius 3 is 2.29 bits per heavy atom. The van der Waals surface area contributed by atoms with Crippen molar-refractivity contribution in [2.45, 2.75) is 71.0 Å². The molecule has 0 saturated heterocycles. The molecule has 0 radical (unpaired) electrons. The minimum absolute atomic E-state index is 0.00773. The monoisotopic (exact) mass is 350 g/mol. The summed E-state index contributed by atoms with van der Waals surface area (Å²) in [6, 6.07) is 0. The fraction of sp³-hybridized carbons (Fsp3) is 0.938. The first-order valence-corrected chi connectivity index (χ1v) is 8.21. The Kier molecular flexibility index (Phi) is 10.4. The van der Waals surface area contributed by atoms with Gasteiger partial charge in [-0.1, -0.05) is 0 Å². The molecule has 144 valence electrons. The second-order valence-electron chi connectivity index (χ2n) is 7.40. The average Bonchev–Trinajstić information content (AvgIpc) is 2.41. The van der Waals surface area contributed by atoms with Crippen LogP contribution in [-0.2, 0) is 14.2 Å². The molecule has 8 heteroatoms. The number of hydrogen-bond donors (Lipinski definition) is 4. The van der Waals surface area contributed by atoms with Crippen molar-refractivity contribution in [3.8, 4) is 0 Å². The predicted octanol–water partition coefficient (Wildman–Crippen LogP) is 0.741. The number of nitrogens with two attached hydrogens (primary N) is 1. The molecule has 8 nitrogen and oxygen atoms in total. The molecule has 0 aromatic carbocycles. The average molecular weight is 350 g/mol. The van der Waals surface area contributed by atoms with E-state index in [1.807, 2.05) is 34.6 Å². The highest BCUT2D eigenvalue weighted by molar-refractivity contribution is 5.67. The van der Waals surface area contributed by atoms with Crippen LogP contribution < -0.4 is 11.1 Å². The lowest BCUT2D eigenvalue weighted by molar-refractivity contribution is -0.235. The van der Waals surface area contributed by atoms with E-state index in [9.17, 15) is 9.90 Å². The van der Waals surface area contributed by atoms with Crippen LogP contribution in [0, 0.1) is 0 Å². The van der Waals surface area contributed by atoms with Gasteiger partial charge in [0.05, 0.1) is 18.3 Å². The minimum Gasteiger partial charge on any atom is -0.444 e. The fourth-order valence-corrected chi connectivity index (χ4v) is 1.92. The summed E-state index contributed by atoms with van der Waals surface area (Å²) in [5, 5.41) is 20.7. The normalized spacial score (nSPS) is 15.0. The van der Waals surface area contributed by atoms with Crippen molar-refractivity contribution >= 4 is 6.09 Å². The zero-order valence-electron chi connectivity index (χ0n) is 15.5. The van der Waals surface area contributed by atoms with Gasteiger partial charge in [-0.15, -0.1) is 0 Å². The van der Waals surface area contributed by atoms with E-state index in [-0.39, 0.29) is 19.8 Å². The molecule has 0 spiro atoms. The van der Waals surface area contributed by atoms with E-state index in [4.69, 9.17) is 25.1 Å². The summed E-state index contributed by atoms with van der Waals surface area (Å²) < 4.78 is 16.5. The van der Waals surface area contributed by atoms with Crippen LogP contribution in [0.4, 0.5) is 4.79 Å². The number of amides is 1. The summed E-state index contributed by atoms with van der Waals surface area (Å²) in [5.41, 5.74) is 4.93. The van der Waals surface area contributed by atoms with E-state index in [0.717, 1.165) is 0 Å². The first-order valence-electron chi connectivity index (χ1n) is 8.21. The van der Waals surface area contributed by atoms with Crippen molar-refractivity contribution < 1.29 is 29.2 Å². The zero-order valence-corrected chi connectivity index (χ0v) is 15.5. The van der Waals surface area contributed by atoms with Gasteiger partial charge in [0, 0.05) is 18.7 Å². The predicted molar refractivity (Wildman–Crippen MR) is 90.5 cm³/mol. The summed E-state index contributed by atoms with van der Waals surface area (Å²) >= 11 is 0. The number of hydrogen-bond acceptors (Lipinski definition) is 7. The molecule has 1 amide bonds. The number of aliphatic hydroxyl groups is 2. The summed E-state index contributed by atoms with van der Waals surface area (Å²) in [6.45, 7) is 9.21. The molecule has 0 bridgehead atoms. The molecule has 0 aromatic rings. The molecule has 0 saturated carbocycles. The van der Waals surface area contributed by atoms with Gasteiger partial charge in [-0.3, -0.25) is 0 Å². The maximum absolute atomic E-state index is 11.6. The Morgan fingerprint density at radius 2 is 1.83 bits per heavy atom. The molecule has 0 aliphatic heterocycles. The quantitative estimate of drug-likeness (QED) is 0.320. The molecule has 0 heterocycles. The molecule has 0 rings (SSSR count). The standard InChI is InChI=1S/C16H34N2O6/c1-15(2,3)24-13(11-22-14(21)18-7-6-8-19)23-12(10-20)9-16(4,5)17/h12-13,19-20H,6-11,17H2,1-5H3,(H,18,21). The SMILES string of the molecule is CC(C)(N)CC(CO)OC(COC(=O)NCCCO)OC(C)(C)C. The molecule has 2 unspecified atom stereocenters. The highest BCUT2D eigenvalue weighted by Gasteiger charge is 2.27. The Balaban J connectivity index is 4.59. The van der Waals surface area contributed by atoms with E-state index in [0.29, 0.717) is 19.4 Å². The second kappa shape index (κ2) is 10.8. The lowest BCUT2D eigenvalue weighted by atomic mass is 9.98. The van der Waals surface area contributed by atoms with Gasteiger partial charge in [-0.25, -0.2) is 4.79 Å². The number of alkyl carbamates (subject to hydrolysis) is 1. The Morgan fingerprint density at radius 1 is 1.21 bits per heavy atom. The Hall–Kier alpha value is -0.930. The van der Waals surface area contributed by atoms with E-state index in [2.05, 4.69) is 5.32 Å². The molecule has 0 aliphatic carbocycles. The van der Waals surface area contributed by atoms with Gasteiger partial charge in [0.2, 0.25) is 0 Å². The Bertz CT molecular complexity index is 351. The van der Waals surface area contributed by atoms with Crippen LogP contribution in [0.2, 0.25) is 0 Å². The summed E-state index contributed by atoms with van der Waals surface area (Å²) in [7, 11) is 0. The molecular formula is C16H34N2O6. The number of carbonyl (C=O) groups is 1. The van der Waals surface area contributed by atoms with Crippen molar-refractivity contribution in [2.24, 2.45) is 5.73 Å². The summed E-state index contributed by atoms with van der Waals surface area (Å²) in [4.78, 5) is 11.6. The van der Waals surface area contributed by atoms with Crippen molar-refractivity contribution in [1.82, 2.24) is 5.32 Å². The highest BCUT2D eigenvalue weighted by atomic mass is 16.7.